The lowest BCUT2D eigenvalue weighted by atomic mass is 9.81. The minimum atomic E-state index is -0.104. The average molecular weight is 366 g/mol. The first-order valence-corrected chi connectivity index (χ1v) is 10.3. The van der Waals surface area contributed by atoms with Crippen LogP contribution >= 0.6 is 0 Å². The number of benzene rings is 1. The van der Waals surface area contributed by atoms with E-state index in [4.69, 9.17) is 0 Å². The fourth-order valence-corrected chi connectivity index (χ4v) is 5.81. The second-order valence-electron chi connectivity index (χ2n) is 8.92. The molecule has 4 aliphatic rings. The van der Waals surface area contributed by atoms with Gasteiger partial charge in [0.25, 0.3) is 5.91 Å². The van der Waals surface area contributed by atoms with E-state index < -0.39 is 0 Å². The second-order valence-corrected chi connectivity index (χ2v) is 8.92. The van der Waals surface area contributed by atoms with E-state index in [1.165, 1.54) is 4.90 Å². The molecule has 4 atom stereocenters. The van der Waals surface area contributed by atoms with E-state index in [0.29, 0.717) is 29.0 Å². The van der Waals surface area contributed by atoms with E-state index in [1.54, 1.807) is 24.3 Å². The number of imide groups is 1. The van der Waals surface area contributed by atoms with Crippen LogP contribution in [0.3, 0.4) is 0 Å². The van der Waals surface area contributed by atoms with Gasteiger partial charge in [-0.3, -0.25) is 19.3 Å². The number of likely N-dealkylation sites (tertiary alicyclic amines) is 1. The van der Waals surface area contributed by atoms with Crippen molar-refractivity contribution in [3.05, 3.63) is 29.8 Å². The predicted molar refractivity (Wildman–Crippen MR) is 101 cm³/mol. The molecular weight excluding hydrogens is 340 g/mol. The van der Waals surface area contributed by atoms with Gasteiger partial charge in [-0.25, -0.2) is 0 Å². The van der Waals surface area contributed by atoms with Crippen molar-refractivity contribution in [3.63, 3.8) is 0 Å². The Balaban J connectivity index is 1.34. The van der Waals surface area contributed by atoms with Crippen LogP contribution < -0.4 is 4.90 Å². The van der Waals surface area contributed by atoms with Crippen molar-refractivity contribution in [1.82, 2.24) is 4.90 Å². The molecule has 0 spiro atoms. The molecule has 1 aromatic rings. The zero-order chi connectivity index (χ0) is 18.7. The van der Waals surface area contributed by atoms with Crippen LogP contribution in [0.15, 0.2) is 24.3 Å². The van der Waals surface area contributed by atoms with E-state index >= 15 is 0 Å². The number of hydrogen-bond acceptors (Lipinski definition) is 3. The smallest absolute Gasteiger partial charge is 0.253 e. The lowest BCUT2D eigenvalue weighted by Crippen LogP contribution is -2.38. The molecule has 142 valence electrons. The van der Waals surface area contributed by atoms with Crippen LogP contribution in [0, 0.1) is 29.6 Å². The first-order chi connectivity index (χ1) is 13.0. The van der Waals surface area contributed by atoms with Crippen molar-refractivity contribution in [1.29, 1.82) is 0 Å². The molecular formula is C22H26N2O3. The number of carbonyl (C=O) groups is 3. The van der Waals surface area contributed by atoms with Crippen molar-refractivity contribution >= 4 is 23.4 Å². The van der Waals surface area contributed by atoms with Gasteiger partial charge in [-0.05, 0) is 74.1 Å². The van der Waals surface area contributed by atoms with Crippen molar-refractivity contribution in [3.8, 4) is 0 Å². The van der Waals surface area contributed by atoms with Gasteiger partial charge in [-0.2, -0.15) is 0 Å². The van der Waals surface area contributed by atoms with Crippen molar-refractivity contribution in [2.24, 2.45) is 29.6 Å². The first kappa shape index (κ1) is 17.0. The molecule has 0 N–H and O–H groups in total. The lowest BCUT2D eigenvalue weighted by Gasteiger charge is -2.30. The number of nitrogens with zero attached hydrogens (tertiary/aromatic N) is 2. The third-order valence-electron chi connectivity index (χ3n) is 7.37. The molecule has 2 saturated heterocycles. The van der Waals surface area contributed by atoms with Crippen molar-refractivity contribution in [2.75, 3.05) is 18.0 Å². The number of piperidine rings is 1. The van der Waals surface area contributed by atoms with Crippen LogP contribution in [0.5, 0.6) is 0 Å². The maximum Gasteiger partial charge on any atom is 0.253 e. The van der Waals surface area contributed by atoms with Crippen LogP contribution in [0.1, 0.15) is 49.4 Å². The molecule has 1 aromatic carbocycles. The van der Waals surface area contributed by atoms with Crippen LogP contribution in [0.4, 0.5) is 5.69 Å². The van der Waals surface area contributed by atoms with Crippen molar-refractivity contribution in [2.45, 2.75) is 39.0 Å². The summed E-state index contributed by atoms with van der Waals surface area (Å²) in [5.41, 5.74) is 1.25. The molecule has 5 heteroatoms. The third kappa shape index (κ3) is 2.54. The molecule has 2 aliphatic heterocycles. The average Bonchev–Trinajstić information content (AvgIpc) is 3.36. The summed E-state index contributed by atoms with van der Waals surface area (Å²) in [6.07, 6.45) is 5.31. The van der Waals surface area contributed by atoms with Gasteiger partial charge in [0, 0.05) is 18.7 Å². The van der Waals surface area contributed by atoms with Crippen LogP contribution in [0.2, 0.25) is 0 Å². The Labute approximate surface area is 159 Å². The van der Waals surface area contributed by atoms with Gasteiger partial charge < -0.3 is 4.90 Å². The minimum absolute atomic E-state index is 0.0266. The molecule has 5 nitrogen and oxygen atoms in total. The van der Waals surface area contributed by atoms with Gasteiger partial charge in [-0.1, -0.05) is 6.92 Å². The molecule has 2 saturated carbocycles. The topological polar surface area (TPSA) is 57.7 Å². The SMILES string of the molecule is CC1CCN(C(=O)c2ccc(N3C(=O)[C@@H]4[C@H]5CC[C@@H](C5)[C@H]4C3=O)cc2)CC1. The molecule has 27 heavy (non-hydrogen) atoms. The Bertz CT molecular complexity index is 766. The summed E-state index contributed by atoms with van der Waals surface area (Å²) < 4.78 is 0. The number of anilines is 1. The highest BCUT2D eigenvalue weighted by Gasteiger charge is 2.61. The highest BCUT2D eigenvalue weighted by molar-refractivity contribution is 6.22. The van der Waals surface area contributed by atoms with Gasteiger partial charge in [0.1, 0.15) is 0 Å². The molecule has 3 amide bonds. The molecule has 0 unspecified atom stereocenters. The molecule has 2 heterocycles. The zero-order valence-corrected chi connectivity index (χ0v) is 15.8. The van der Waals surface area contributed by atoms with Crippen LogP contribution in [-0.4, -0.2) is 35.7 Å². The molecule has 2 bridgehead atoms. The fourth-order valence-electron chi connectivity index (χ4n) is 5.81. The van der Waals surface area contributed by atoms with E-state index in [0.717, 1.165) is 45.2 Å². The Morgan fingerprint density at radius 3 is 2.00 bits per heavy atom. The summed E-state index contributed by atoms with van der Waals surface area (Å²) in [6.45, 7) is 3.83. The maximum atomic E-state index is 12.9. The first-order valence-electron chi connectivity index (χ1n) is 10.3. The summed E-state index contributed by atoms with van der Waals surface area (Å²) in [5, 5.41) is 0. The van der Waals surface area contributed by atoms with E-state index in [-0.39, 0.29) is 29.6 Å². The Hall–Kier alpha value is -2.17. The summed E-state index contributed by atoms with van der Waals surface area (Å²) in [4.78, 5) is 41.8. The monoisotopic (exact) mass is 366 g/mol. The lowest BCUT2D eigenvalue weighted by molar-refractivity contribution is -0.123. The standard InChI is InChI=1S/C22H26N2O3/c1-13-8-10-23(11-9-13)20(25)14-4-6-17(7-5-14)24-21(26)18-15-2-3-16(12-15)19(18)22(24)27/h4-7,13,15-16,18-19H,2-3,8-12H2,1H3/t15-,16-,18+,19+/m0/s1. The highest BCUT2D eigenvalue weighted by Crippen LogP contribution is 2.56. The fraction of sp³-hybridized carbons (Fsp3) is 0.591. The number of fused-ring (bicyclic) bond motifs is 5. The summed E-state index contributed by atoms with van der Waals surface area (Å²) in [7, 11) is 0. The van der Waals surface area contributed by atoms with Gasteiger partial charge in [0.05, 0.1) is 17.5 Å². The Morgan fingerprint density at radius 2 is 1.44 bits per heavy atom. The summed E-state index contributed by atoms with van der Waals surface area (Å²) in [6, 6.07) is 7.05. The third-order valence-corrected chi connectivity index (χ3v) is 7.37. The molecule has 2 aliphatic carbocycles. The van der Waals surface area contributed by atoms with Crippen LogP contribution in [0.25, 0.3) is 0 Å². The van der Waals surface area contributed by atoms with Gasteiger partial charge >= 0.3 is 0 Å². The largest absolute Gasteiger partial charge is 0.339 e. The van der Waals surface area contributed by atoms with E-state index in [9.17, 15) is 14.4 Å². The summed E-state index contributed by atoms with van der Waals surface area (Å²) >= 11 is 0. The zero-order valence-electron chi connectivity index (χ0n) is 15.8. The van der Waals surface area contributed by atoms with Crippen molar-refractivity contribution < 1.29 is 14.4 Å². The normalized spacial score (nSPS) is 33.1. The number of hydrogen-bond donors (Lipinski definition) is 0. The Morgan fingerprint density at radius 1 is 0.889 bits per heavy atom. The second kappa shape index (κ2) is 6.18. The van der Waals surface area contributed by atoms with Gasteiger partial charge in [0.2, 0.25) is 11.8 Å². The maximum absolute atomic E-state index is 12.9. The van der Waals surface area contributed by atoms with E-state index in [1.807, 2.05) is 4.90 Å². The predicted octanol–water partition coefficient (Wildman–Crippen LogP) is 3.09. The molecule has 4 fully saturated rings. The minimum Gasteiger partial charge on any atom is -0.339 e. The van der Waals surface area contributed by atoms with E-state index in [2.05, 4.69) is 6.92 Å². The molecule has 0 aromatic heterocycles. The summed E-state index contributed by atoms with van der Waals surface area (Å²) in [5.74, 6) is 1.25. The number of rotatable bonds is 2. The molecule has 5 rings (SSSR count). The van der Waals surface area contributed by atoms with Gasteiger partial charge in [0.15, 0.2) is 0 Å². The van der Waals surface area contributed by atoms with Gasteiger partial charge in [-0.15, -0.1) is 0 Å². The Kier molecular flexibility index (Phi) is 3.88. The number of carbonyl (C=O) groups excluding carboxylic acids is 3. The quantitative estimate of drug-likeness (QED) is 0.756. The number of amides is 3. The highest BCUT2D eigenvalue weighted by atomic mass is 16.2. The van der Waals surface area contributed by atoms with Crippen LogP contribution in [-0.2, 0) is 9.59 Å². The molecule has 0 radical (unpaired) electrons.